The lowest BCUT2D eigenvalue weighted by molar-refractivity contribution is 0.0933. The number of amides is 2. The second-order valence-electron chi connectivity index (χ2n) is 9.46. The lowest BCUT2D eigenvalue weighted by atomic mass is 10.0. The Balaban J connectivity index is 1.38. The van der Waals surface area contributed by atoms with Crippen molar-refractivity contribution in [1.82, 2.24) is 20.2 Å². The summed E-state index contributed by atoms with van der Waals surface area (Å²) in [6.07, 6.45) is 7.73. The van der Waals surface area contributed by atoms with Crippen molar-refractivity contribution in [1.29, 1.82) is 0 Å². The van der Waals surface area contributed by atoms with Gasteiger partial charge in [0.15, 0.2) is 5.69 Å². The van der Waals surface area contributed by atoms with Gasteiger partial charge < -0.3 is 16.4 Å². The van der Waals surface area contributed by atoms with Gasteiger partial charge in [0.1, 0.15) is 12.1 Å². The minimum Gasteiger partial charge on any atom is -0.383 e. The van der Waals surface area contributed by atoms with E-state index >= 15 is 0 Å². The van der Waals surface area contributed by atoms with E-state index in [1.807, 2.05) is 13.0 Å². The van der Waals surface area contributed by atoms with Gasteiger partial charge in [0.25, 0.3) is 11.8 Å². The number of nitrogen functional groups attached to an aromatic ring is 1. The number of rotatable bonds is 7. The molecule has 0 bridgehead atoms. The molecule has 5 rings (SSSR count). The van der Waals surface area contributed by atoms with E-state index in [0.717, 1.165) is 44.1 Å². The fourth-order valence-electron chi connectivity index (χ4n) is 4.51. The largest absolute Gasteiger partial charge is 0.383 e. The maximum absolute atomic E-state index is 13.3. The van der Waals surface area contributed by atoms with Crippen molar-refractivity contribution in [3.05, 3.63) is 76.7 Å². The van der Waals surface area contributed by atoms with E-state index in [0.29, 0.717) is 22.4 Å². The van der Waals surface area contributed by atoms with Gasteiger partial charge in [0.05, 0.1) is 5.69 Å². The minimum atomic E-state index is -0.364. The number of hydrogen-bond acceptors (Lipinski definition) is 5. The summed E-state index contributed by atoms with van der Waals surface area (Å²) < 4.78 is 1.62. The lowest BCUT2D eigenvalue weighted by Gasteiger charge is -2.12. The van der Waals surface area contributed by atoms with Crippen molar-refractivity contribution >= 4 is 23.4 Å². The van der Waals surface area contributed by atoms with Gasteiger partial charge in [-0.05, 0) is 62.4 Å². The van der Waals surface area contributed by atoms with E-state index < -0.39 is 0 Å². The Morgan fingerprint density at radius 1 is 0.886 bits per heavy atom. The normalized spacial score (nSPS) is 15.7. The van der Waals surface area contributed by atoms with Gasteiger partial charge in [0.2, 0.25) is 5.78 Å². The van der Waals surface area contributed by atoms with Crippen LogP contribution in [0.2, 0.25) is 0 Å². The lowest BCUT2D eigenvalue weighted by Crippen LogP contribution is -2.32. The predicted octanol–water partition coefficient (Wildman–Crippen LogP) is 3.56. The Kier molecular flexibility index (Phi) is 6.11. The van der Waals surface area contributed by atoms with Crippen molar-refractivity contribution in [3.8, 4) is 5.69 Å². The highest BCUT2D eigenvalue weighted by Gasteiger charge is 2.25. The van der Waals surface area contributed by atoms with E-state index in [4.69, 9.17) is 5.73 Å². The summed E-state index contributed by atoms with van der Waals surface area (Å²) in [7, 11) is 0. The van der Waals surface area contributed by atoms with Crippen LogP contribution in [0.4, 0.5) is 5.82 Å². The Hall–Kier alpha value is -3.94. The van der Waals surface area contributed by atoms with Gasteiger partial charge in [-0.1, -0.05) is 31.0 Å². The van der Waals surface area contributed by atoms with Crippen LogP contribution in [0.15, 0.2) is 48.8 Å². The zero-order valence-electron chi connectivity index (χ0n) is 19.7. The predicted molar refractivity (Wildman–Crippen MR) is 133 cm³/mol. The van der Waals surface area contributed by atoms with E-state index in [-0.39, 0.29) is 41.2 Å². The molecule has 2 saturated carbocycles. The van der Waals surface area contributed by atoms with Crippen LogP contribution in [0.5, 0.6) is 0 Å². The number of ketones is 1. The smallest absolute Gasteiger partial charge is 0.251 e. The molecule has 2 aromatic carbocycles. The number of carbonyl (C=O) groups excluding carboxylic acids is 3. The van der Waals surface area contributed by atoms with Crippen LogP contribution in [-0.2, 0) is 0 Å². The monoisotopic (exact) mass is 471 g/mol. The summed E-state index contributed by atoms with van der Waals surface area (Å²) in [5, 5.41) is 6.03. The SMILES string of the molecule is Cc1ccc(C(=O)NC2CC2)cc1-n1cnc(C(=O)c2cccc(C(=O)NC3CCCC3)c2)c1N. The second-order valence-corrected chi connectivity index (χ2v) is 9.46. The van der Waals surface area contributed by atoms with Crippen LogP contribution >= 0.6 is 0 Å². The van der Waals surface area contributed by atoms with Crippen molar-refractivity contribution in [2.24, 2.45) is 0 Å². The Morgan fingerprint density at radius 2 is 1.51 bits per heavy atom. The highest BCUT2D eigenvalue weighted by molar-refractivity contribution is 6.11. The van der Waals surface area contributed by atoms with Crippen molar-refractivity contribution in [2.75, 3.05) is 5.73 Å². The first kappa shape index (κ1) is 22.8. The molecule has 0 unspecified atom stereocenters. The summed E-state index contributed by atoms with van der Waals surface area (Å²) in [6, 6.07) is 12.5. The quantitative estimate of drug-likeness (QED) is 0.455. The number of carbonyl (C=O) groups is 3. The summed E-state index contributed by atoms with van der Waals surface area (Å²) in [6.45, 7) is 1.91. The van der Waals surface area contributed by atoms with Crippen LogP contribution in [0.25, 0.3) is 5.69 Å². The topological polar surface area (TPSA) is 119 Å². The highest BCUT2D eigenvalue weighted by atomic mass is 16.2. The fourth-order valence-corrected chi connectivity index (χ4v) is 4.51. The zero-order chi connectivity index (χ0) is 24.5. The molecule has 8 heteroatoms. The molecule has 8 nitrogen and oxygen atoms in total. The summed E-state index contributed by atoms with van der Waals surface area (Å²) >= 11 is 0. The van der Waals surface area contributed by atoms with Crippen LogP contribution in [0.3, 0.4) is 0 Å². The average Bonchev–Trinajstić information content (AvgIpc) is 3.37. The third-order valence-corrected chi connectivity index (χ3v) is 6.74. The summed E-state index contributed by atoms with van der Waals surface area (Å²) in [5.41, 5.74) is 9.35. The third-order valence-electron chi connectivity index (χ3n) is 6.74. The molecule has 0 radical (unpaired) electrons. The number of aryl methyl sites for hydroxylation is 1. The molecule has 2 fully saturated rings. The van der Waals surface area contributed by atoms with Crippen LogP contribution in [0.1, 0.15) is 80.9 Å². The number of aromatic nitrogens is 2. The van der Waals surface area contributed by atoms with Gasteiger partial charge in [-0.15, -0.1) is 0 Å². The van der Waals surface area contributed by atoms with E-state index in [1.54, 1.807) is 41.0 Å². The molecular weight excluding hydrogens is 442 g/mol. The van der Waals surface area contributed by atoms with Crippen LogP contribution in [-0.4, -0.2) is 39.2 Å². The maximum atomic E-state index is 13.3. The molecular formula is C27H29N5O3. The van der Waals surface area contributed by atoms with Crippen LogP contribution in [0, 0.1) is 6.92 Å². The highest BCUT2D eigenvalue weighted by Crippen LogP contribution is 2.25. The van der Waals surface area contributed by atoms with E-state index in [1.165, 1.54) is 6.33 Å². The molecule has 0 spiro atoms. The van der Waals surface area contributed by atoms with Gasteiger partial charge in [-0.2, -0.15) is 0 Å². The average molecular weight is 472 g/mol. The Bertz CT molecular complexity index is 1300. The molecule has 2 aliphatic carbocycles. The minimum absolute atomic E-state index is 0.102. The Morgan fingerprint density at radius 3 is 2.20 bits per heavy atom. The molecule has 4 N–H and O–H groups in total. The third kappa shape index (κ3) is 4.82. The first-order valence-corrected chi connectivity index (χ1v) is 12.1. The molecule has 0 aliphatic heterocycles. The molecule has 0 atom stereocenters. The van der Waals surface area contributed by atoms with Crippen molar-refractivity contribution in [2.45, 2.75) is 57.5 Å². The summed E-state index contributed by atoms with van der Waals surface area (Å²) in [4.78, 5) is 42.7. The number of nitrogens with one attached hydrogen (secondary N) is 2. The maximum Gasteiger partial charge on any atom is 0.251 e. The second kappa shape index (κ2) is 9.37. The fraction of sp³-hybridized carbons (Fsp3) is 0.333. The Labute approximate surface area is 203 Å². The van der Waals surface area contributed by atoms with Gasteiger partial charge in [0, 0.05) is 28.8 Å². The number of hydrogen-bond donors (Lipinski definition) is 3. The number of benzene rings is 2. The molecule has 1 aromatic heterocycles. The zero-order valence-corrected chi connectivity index (χ0v) is 19.7. The number of anilines is 1. The van der Waals surface area contributed by atoms with E-state index in [9.17, 15) is 14.4 Å². The molecule has 1 heterocycles. The van der Waals surface area contributed by atoms with Gasteiger partial charge in [-0.25, -0.2) is 4.98 Å². The van der Waals surface area contributed by atoms with Crippen molar-refractivity contribution in [3.63, 3.8) is 0 Å². The van der Waals surface area contributed by atoms with Crippen LogP contribution < -0.4 is 16.4 Å². The molecule has 2 aliphatic rings. The van der Waals surface area contributed by atoms with Crippen molar-refractivity contribution < 1.29 is 14.4 Å². The first-order chi connectivity index (χ1) is 16.9. The number of nitrogens with zero attached hydrogens (tertiary/aromatic N) is 2. The van der Waals surface area contributed by atoms with Gasteiger partial charge >= 0.3 is 0 Å². The molecule has 35 heavy (non-hydrogen) atoms. The number of nitrogens with two attached hydrogens (primary N) is 1. The first-order valence-electron chi connectivity index (χ1n) is 12.1. The number of imidazole rings is 1. The molecule has 0 saturated heterocycles. The summed E-state index contributed by atoms with van der Waals surface area (Å²) in [5.74, 6) is -0.492. The molecule has 180 valence electrons. The molecule has 2 amide bonds. The van der Waals surface area contributed by atoms with Gasteiger partial charge in [-0.3, -0.25) is 19.0 Å². The standard InChI is InChI=1S/C27H29N5O3/c1-16-9-10-19(27(35)31-21-11-12-21)14-22(16)32-15-29-23(25(32)28)24(33)17-5-4-6-18(13-17)26(34)30-20-7-2-3-8-20/h4-6,9-10,13-15,20-21H,2-3,7-8,11-12,28H2,1H3,(H,30,34)(H,31,35). The van der Waals surface area contributed by atoms with E-state index in [2.05, 4.69) is 15.6 Å². The molecule has 3 aromatic rings.